The van der Waals surface area contributed by atoms with Crippen molar-refractivity contribution in [3.63, 3.8) is 0 Å². The van der Waals surface area contributed by atoms with Crippen LogP contribution < -0.4 is 10.6 Å². The number of anilines is 1. The van der Waals surface area contributed by atoms with Gasteiger partial charge in [0.15, 0.2) is 11.6 Å². The van der Waals surface area contributed by atoms with Gasteiger partial charge in [-0.25, -0.2) is 9.37 Å². The van der Waals surface area contributed by atoms with Gasteiger partial charge in [0.2, 0.25) is 0 Å². The largest absolute Gasteiger partial charge is 0.371 e. The minimum absolute atomic E-state index is 0.0222. The van der Waals surface area contributed by atoms with Crippen molar-refractivity contribution in [1.82, 2.24) is 10.3 Å². The van der Waals surface area contributed by atoms with Gasteiger partial charge in [-0.15, -0.1) is 0 Å². The van der Waals surface area contributed by atoms with Gasteiger partial charge in [0.25, 0.3) is 5.91 Å². The molecule has 0 aliphatic carbocycles. The van der Waals surface area contributed by atoms with Gasteiger partial charge in [-0.1, -0.05) is 0 Å². The molecule has 0 unspecified atom stereocenters. The Morgan fingerprint density at radius 3 is 2.79 bits per heavy atom. The summed E-state index contributed by atoms with van der Waals surface area (Å²) in [6.45, 7) is 0. The molecule has 19 heavy (non-hydrogen) atoms. The van der Waals surface area contributed by atoms with E-state index < -0.39 is 22.5 Å². The van der Waals surface area contributed by atoms with Crippen molar-refractivity contribution in [3.8, 4) is 0 Å². The summed E-state index contributed by atoms with van der Waals surface area (Å²) in [5.74, 6) is 0.130. The van der Waals surface area contributed by atoms with E-state index in [4.69, 9.17) is 0 Å². The molecule has 0 aromatic carbocycles. The van der Waals surface area contributed by atoms with E-state index in [0.29, 0.717) is 24.3 Å². The first-order valence-electron chi connectivity index (χ1n) is 6.10. The van der Waals surface area contributed by atoms with Crippen LogP contribution in [0.5, 0.6) is 0 Å². The molecule has 1 amide bonds. The highest BCUT2D eigenvalue weighted by Gasteiger charge is 2.22. The average molecular weight is 285 g/mol. The monoisotopic (exact) mass is 285 g/mol. The summed E-state index contributed by atoms with van der Waals surface area (Å²) in [6, 6.07) is 1.32. The van der Waals surface area contributed by atoms with Crippen LogP contribution in [-0.2, 0) is 10.8 Å². The lowest BCUT2D eigenvalue weighted by Crippen LogP contribution is -2.39. The summed E-state index contributed by atoms with van der Waals surface area (Å²) in [5.41, 5.74) is -0.0222. The molecule has 0 saturated carbocycles. The molecule has 0 bridgehead atoms. The van der Waals surface area contributed by atoms with Crippen LogP contribution in [0.2, 0.25) is 0 Å². The standard InChI is InChI=1S/C12H16FN3O2S/c1-14-11-10(13)9(2-5-15-11)12(17)16-8-3-6-19(18)7-4-8/h2,5,8H,3-4,6-7H2,1H3,(H,14,15)(H,16,17). The first-order chi connectivity index (χ1) is 9.11. The fraction of sp³-hybridized carbons (Fsp3) is 0.500. The lowest BCUT2D eigenvalue weighted by Gasteiger charge is -2.22. The van der Waals surface area contributed by atoms with E-state index in [1.165, 1.54) is 12.3 Å². The Morgan fingerprint density at radius 2 is 2.16 bits per heavy atom. The molecular weight excluding hydrogens is 269 g/mol. The van der Waals surface area contributed by atoms with Crippen molar-refractivity contribution < 1.29 is 13.4 Å². The summed E-state index contributed by atoms with van der Waals surface area (Å²) in [7, 11) is 0.770. The molecule has 104 valence electrons. The van der Waals surface area contributed by atoms with Gasteiger partial charge in [0.05, 0.1) is 5.56 Å². The molecule has 2 rings (SSSR count). The van der Waals surface area contributed by atoms with Crippen LogP contribution in [0.1, 0.15) is 23.2 Å². The number of rotatable bonds is 3. The maximum atomic E-state index is 13.9. The third-order valence-electron chi connectivity index (χ3n) is 3.09. The lowest BCUT2D eigenvalue weighted by molar-refractivity contribution is 0.0930. The van der Waals surface area contributed by atoms with Crippen molar-refractivity contribution in [2.45, 2.75) is 18.9 Å². The Morgan fingerprint density at radius 1 is 1.47 bits per heavy atom. The van der Waals surface area contributed by atoms with Crippen LogP contribution in [-0.4, -0.2) is 39.7 Å². The summed E-state index contributed by atoms with van der Waals surface area (Å²) in [5, 5.41) is 5.37. The second-order valence-corrected chi connectivity index (χ2v) is 6.06. The molecule has 1 aliphatic rings. The Kier molecular flexibility index (Phi) is 4.47. The first-order valence-corrected chi connectivity index (χ1v) is 7.58. The Labute approximate surface area is 113 Å². The predicted octanol–water partition coefficient (Wildman–Crippen LogP) is 0.903. The summed E-state index contributed by atoms with van der Waals surface area (Å²) >= 11 is 0. The molecular formula is C12H16FN3O2S. The number of pyridine rings is 1. The van der Waals surface area contributed by atoms with Crippen molar-refractivity contribution in [2.24, 2.45) is 0 Å². The van der Waals surface area contributed by atoms with Gasteiger partial charge in [0.1, 0.15) is 0 Å². The summed E-state index contributed by atoms with van der Waals surface area (Å²) in [6.07, 6.45) is 2.73. The third-order valence-corrected chi connectivity index (χ3v) is 4.48. The number of aromatic nitrogens is 1. The minimum Gasteiger partial charge on any atom is -0.371 e. The van der Waals surface area contributed by atoms with Crippen LogP contribution in [0.25, 0.3) is 0 Å². The van der Waals surface area contributed by atoms with E-state index in [1.54, 1.807) is 7.05 Å². The molecule has 5 nitrogen and oxygen atoms in total. The SMILES string of the molecule is CNc1nccc(C(=O)NC2CCS(=O)CC2)c1F. The normalized spacial score (nSPS) is 22.8. The zero-order valence-corrected chi connectivity index (χ0v) is 11.4. The quantitative estimate of drug-likeness (QED) is 0.866. The van der Waals surface area contributed by atoms with Crippen LogP contribution in [0.3, 0.4) is 0 Å². The van der Waals surface area contributed by atoms with Gasteiger partial charge in [0, 0.05) is 41.6 Å². The van der Waals surface area contributed by atoms with Crippen molar-refractivity contribution in [2.75, 3.05) is 23.9 Å². The number of amides is 1. The number of hydrogen-bond acceptors (Lipinski definition) is 4. The molecule has 1 aromatic heterocycles. The molecule has 1 aromatic rings. The highest BCUT2D eigenvalue weighted by molar-refractivity contribution is 7.85. The maximum Gasteiger partial charge on any atom is 0.254 e. The number of nitrogens with one attached hydrogen (secondary N) is 2. The number of carbonyl (C=O) groups excluding carboxylic acids is 1. The van der Waals surface area contributed by atoms with Gasteiger partial charge >= 0.3 is 0 Å². The van der Waals surface area contributed by atoms with E-state index in [2.05, 4.69) is 15.6 Å². The van der Waals surface area contributed by atoms with Crippen LogP contribution in [0.15, 0.2) is 12.3 Å². The topological polar surface area (TPSA) is 71.1 Å². The molecule has 0 spiro atoms. The van der Waals surface area contributed by atoms with Crippen molar-refractivity contribution in [1.29, 1.82) is 0 Å². The molecule has 2 N–H and O–H groups in total. The van der Waals surface area contributed by atoms with E-state index in [0.717, 1.165) is 0 Å². The average Bonchev–Trinajstić information content (AvgIpc) is 2.41. The maximum absolute atomic E-state index is 13.9. The van der Waals surface area contributed by atoms with E-state index in [1.807, 2.05) is 0 Å². The highest BCUT2D eigenvalue weighted by atomic mass is 32.2. The van der Waals surface area contributed by atoms with Crippen LogP contribution >= 0.6 is 0 Å². The van der Waals surface area contributed by atoms with Crippen LogP contribution in [0.4, 0.5) is 10.2 Å². The molecule has 1 fully saturated rings. The number of hydrogen-bond donors (Lipinski definition) is 2. The molecule has 1 aliphatic heterocycles. The van der Waals surface area contributed by atoms with Crippen molar-refractivity contribution in [3.05, 3.63) is 23.6 Å². The predicted molar refractivity (Wildman–Crippen MR) is 72.1 cm³/mol. The first kappa shape index (κ1) is 13.9. The zero-order chi connectivity index (χ0) is 13.8. The van der Waals surface area contributed by atoms with Gasteiger partial charge < -0.3 is 10.6 Å². The van der Waals surface area contributed by atoms with Gasteiger partial charge in [-0.2, -0.15) is 0 Å². The smallest absolute Gasteiger partial charge is 0.254 e. The summed E-state index contributed by atoms with van der Waals surface area (Å²) in [4.78, 5) is 15.8. The Bertz CT molecular complexity index is 500. The van der Waals surface area contributed by atoms with Gasteiger partial charge in [-0.3, -0.25) is 9.00 Å². The second-order valence-electron chi connectivity index (χ2n) is 4.37. The number of nitrogens with zero attached hydrogens (tertiary/aromatic N) is 1. The van der Waals surface area contributed by atoms with Crippen molar-refractivity contribution >= 4 is 22.5 Å². The molecule has 0 radical (unpaired) electrons. The Hall–Kier alpha value is -1.50. The second kappa shape index (κ2) is 6.10. The van der Waals surface area contributed by atoms with E-state index in [9.17, 15) is 13.4 Å². The van der Waals surface area contributed by atoms with Gasteiger partial charge in [-0.05, 0) is 18.9 Å². The van der Waals surface area contributed by atoms with E-state index >= 15 is 0 Å². The van der Waals surface area contributed by atoms with E-state index in [-0.39, 0.29) is 17.4 Å². The number of halogens is 1. The fourth-order valence-corrected chi connectivity index (χ4v) is 3.29. The molecule has 1 saturated heterocycles. The molecule has 2 heterocycles. The van der Waals surface area contributed by atoms with Crippen LogP contribution in [0, 0.1) is 5.82 Å². The zero-order valence-electron chi connectivity index (χ0n) is 10.6. The highest BCUT2D eigenvalue weighted by Crippen LogP contribution is 2.16. The fourth-order valence-electron chi connectivity index (χ4n) is 1.99. The third kappa shape index (κ3) is 3.28. The molecule has 0 atom stereocenters. The number of carbonyl (C=O) groups is 1. The lowest BCUT2D eigenvalue weighted by atomic mass is 10.1. The molecule has 7 heteroatoms. The Balaban J connectivity index is 2.06. The minimum atomic E-state index is -0.775. The summed E-state index contributed by atoms with van der Waals surface area (Å²) < 4.78 is 25.1.